The molecular formula is C23H18F2N4O4. The third-order valence-corrected chi connectivity index (χ3v) is 5.13. The van der Waals surface area contributed by atoms with E-state index in [0.29, 0.717) is 17.2 Å². The van der Waals surface area contributed by atoms with Gasteiger partial charge in [0.05, 0.1) is 31.2 Å². The average Bonchev–Trinajstić information content (AvgIpc) is 3.21. The molecule has 0 atom stereocenters. The van der Waals surface area contributed by atoms with Gasteiger partial charge in [0.1, 0.15) is 11.6 Å². The molecule has 0 saturated carbocycles. The summed E-state index contributed by atoms with van der Waals surface area (Å²) in [4.78, 5) is 42.6. The van der Waals surface area contributed by atoms with Crippen LogP contribution in [0.2, 0.25) is 0 Å². The smallest absolute Gasteiger partial charge is 0.338 e. The van der Waals surface area contributed by atoms with Crippen molar-refractivity contribution in [1.29, 1.82) is 0 Å². The number of methoxy groups -OCH3 is 1. The minimum absolute atomic E-state index is 0.000145. The van der Waals surface area contributed by atoms with Crippen LogP contribution in [0, 0.1) is 11.6 Å². The van der Waals surface area contributed by atoms with Crippen molar-refractivity contribution in [3.8, 4) is 5.69 Å². The molecule has 0 fully saturated rings. The highest BCUT2D eigenvalue weighted by atomic mass is 19.1. The maximum atomic E-state index is 14.6. The van der Waals surface area contributed by atoms with Crippen LogP contribution < -0.4 is 11.2 Å². The fourth-order valence-electron chi connectivity index (χ4n) is 3.62. The minimum Gasteiger partial charge on any atom is -0.465 e. The second-order valence-electron chi connectivity index (χ2n) is 7.11. The van der Waals surface area contributed by atoms with Gasteiger partial charge < -0.3 is 9.30 Å². The van der Waals surface area contributed by atoms with Crippen molar-refractivity contribution in [3.63, 3.8) is 0 Å². The lowest BCUT2D eigenvalue weighted by Crippen LogP contribution is -2.40. The third kappa shape index (κ3) is 3.75. The lowest BCUT2D eigenvalue weighted by Gasteiger charge is -2.13. The molecule has 0 bridgehead atoms. The molecule has 0 N–H and O–H groups in total. The highest BCUT2D eigenvalue weighted by Gasteiger charge is 2.22. The van der Waals surface area contributed by atoms with Crippen LogP contribution in [0.15, 0.2) is 71.0 Å². The number of imidazole rings is 1. The number of halogens is 2. The zero-order valence-electron chi connectivity index (χ0n) is 17.5. The van der Waals surface area contributed by atoms with Crippen molar-refractivity contribution in [3.05, 3.63) is 105 Å². The van der Waals surface area contributed by atoms with Gasteiger partial charge in [-0.1, -0.05) is 24.3 Å². The monoisotopic (exact) mass is 452 g/mol. The largest absolute Gasteiger partial charge is 0.465 e. The molecule has 4 rings (SSSR count). The summed E-state index contributed by atoms with van der Waals surface area (Å²) >= 11 is 0. The van der Waals surface area contributed by atoms with Gasteiger partial charge in [0.2, 0.25) is 0 Å². The number of allylic oxidation sites excluding steroid dienone is 1. The minimum atomic E-state index is -0.993. The molecule has 0 aliphatic rings. The first-order valence-electron chi connectivity index (χ1n) is 9.80. The Balaban J connectivity index is 2.00. The van der Waals surface area contributed by atoms with Crippen molar-refractivity contribution in [1.82, 2.24) is 18.7 Å². The molecule has 0 aliphatic carbocycles. The second kappa shape index (κ2) is 8.65. The normalized spacial score (nSPS) is 11.0. The zero-order valence-corrected chi connectivity index (χ0v) is 17.5. The van der Waals surface area contributed by atoms with Crippen molar-refractivity contribution in [2.45, 2.75) is 13.1 Å². The molecule has 33 heavy (non-hydrogen) atoms. The fourth-order valence-corrected chi connectivity index (χ4v) is 3.62. The Morgan fingerprint density at radius 3 is 2.64 bits per heavy atom. The molecule has 2 aromatic carbocycles. The molecule has 0 aliphatic heterocycles. The Morgan fingerprint density at radius 1 is 1.18 bits per heavy atom. The van der Waals surface area contributed by atoms with E-state index in [1.807, 2.05) is 0 Å². The number of aromatic nitrogens is 4. The quantitative estimate of drug-likeness (QED) is 0.332. The number of fused-ring (bicyclic) bond motifs is 1. The van der Waals surface area contributed by atoms with Gasteiger partial charge in [0.15, 0.2) is 11.2 Å². The molecule has 0 amide bonds. The van der Waals surface area contributed by atoms with E-state index in [4.69, 9.17) is 4.74 Å². The third-order valence-electron chi connectivity index (χ3n) is 5.13. The van der Waals surface area contributed by atoms with Gasteiger partial charge in [-0.2, -0.15) is 0 Å². The Labute approximate surface area is 185 Å². The Morgan fingerprint density at radius 2 is 1.94 bits per heavy atom. The highest BCUT2D eigenvalue weighted by Crippen LogP contribution is 2.19. The van der Waals surface area contributed by atoms with Crippen LogP contribution in [0.25, 0.3) is 16.9 Å². The lowest BCUT2D eigenvalue weighted by molar-refractivity contribution is 0.0599. The first-order valence-corrected chi connectivity index (χ1v) is 9.80. The number of hydrogen-bond acceptors (Lipinski definition) is 5. The summed E-state index contributed by atoms with van der Waals surface area (Å²) in [5.74, 6) is -2.36. The molecule has 2 heterocycles. The molecular weight excluding hydrogens is 434 g/mol. The lowest BCUT2D eigenvalue weighted by atomic mass is 10.1. The first kappa shape index (κ1) is 21.9. The van der Waals surface area contributed by atoms with Crippen molar-refractivity contribution in [2.24, 2.45) is 0 Å². The van der Waals surface area contributed by atoms with E-state index >= 15 is 0 Å². The summed E-state index contributed by atoms with van der Waals surface area (Å²) in [6.45, 7) is 3.47. The number of benzene rings is 2. The number of hydrogen-bond donors (Lipinski definition) is 0. The van der Waals surface area contributed by atoms with E-state index in [-0.39, 0.29) is 29.9 Å². The molecule has 2 aromatic heterocycles. The standard InChI is InChI=1S/C23H18F2N4O4/c1-3-10-28-21(30)19-20(29(23(28)32)18-9-8-15(24)11-17(18)25)26-13-27(19)12-14-6-4-5-7-16(14)22(31)33-2/h3-9,11,13H,1,10,12H2,2H3. The zero-order chi connectivity index (χ0) is 23.7. The molecule has 0 radical (unpaired) electrons. The molecule has 0 saturated heterocycles. The van der Waals surface area contributed by atoms with Crippen LogP contribution >= 0.6 is 0 Å². The number of carbonyl (C=O) groups excluding carboxylic acids is 1. The Kier molecular flexibility index (Phi) is 5.74. The van der Waals surface area contributed by atoms with E-state index in [1.54, 1.807) is 24.3 Å². The highest BCUT2D eigenvalue weighted by molar-refractivity contribution is 5.91. The van der Waals surface area contributed by atoms with Crippen LogP contribution in [0.4, 0.5) is 8.78 Å². The summed E-state index contributed by atoms with van der Waals surface area (Å²) in [5, 5.41) is 0. The molecule has 4 aromatic rings. The van der Waals surface area contributed by atoms with Gasteiger partial charge in [-0.3, -0.25) is 9.36 Å². The Hall–Kier alpha value is -4.34. The van der Waals surface area contributed by atoms with Gasteiger partial charge in [0.25, 0.3) is 5.56 Å². The number of rotatable bonds is 6. The van der Waals surface area contributed by atoms with Crippen molar-refractivity contribution in [2.75, 3.05) is 7.11 Å². The van der Waals surface area contributed by atoms with Gasteiger partial charge in [-0.05, 0) is 23.8 Å². The van der Waals surface area contributed by atoms with E-state index in [2.05, 4.69) is 11.6 Å². The maximum Gasteiger partial charge on any atom is 0.338 e. The van der Waals surface area contributed by atoms with Crippen molar-refractivity contribution >= 4 is 17.1 Å². The summed E-state index contributed by atoms with van der Waals surface area (Å²) in [6, 6.07) is 9.41. The summed E-state index contributed by atoms with van der Waals surface area (Å²) in [6.07, 6.45) is 2.67. The van der Waals surface area contributed by atoms with E-state index < -0.39 is 28.9 Å². The SMILES string of the molecule is C=CCn1c(=O)c2c(ncn2Cc2ccccc2C(=O)OC)n(-c2ccc(F)cc2F)c1=O. The van der Waals surface area contributed by atoms with Crippen LogP contribution in [0.1, 0.15) is 15.9 Å². The fraction of sp³-hybridized carbons (Fsp3) is 0.130. The molecule has 168 valence electrons. The van der Waals surface area contributed by atoms with E-state index in [1.165, 1.54) is 24.1 Å². The second-order valence-corrected chi connectivity index (χ2v) is 7.11. The molecule has 8 nitrogen and oxygen atoms in total. The predicted molar refractivity (Wildman–Crippen MR) is 117 cm³/mol. The number of nitrogens with zero attached hydrogens (tertiary/aromatic N) is 4. The topological polar surface area (TPSA) is 88.1 Å². The summed E-state index contributed by atoms with van der Waals surface area (Å²) in [7, 11) is 1.26. The van der Waals surface area contributed by atoms with Crippen LogP contribution in [0.5, 0.6) is 0 Å². The summed E-state index contributed by atoms with van der Waals surface area (Å²) < 4.78 is 36.1. The number of carbonyl (C=O) groups is 1. The number of ether oxygens (including phenoxy) is 1. The van der Waals surface area contributed by atoms with Gasteiger partial charge >= 0.3 is 11.7 Å². The number of esters is 1. The first-order chi connectivity index (χ1) is 15.9. The van der Waals surface area contributed by atoms with Crippen LogP contribution in [-0.4, -0.2) is 31.8 Å². The van der Waals surface area contributed by atoms with Gasteiger partial charge in [-0.15, -0.1) is 6.58 Å². The van der Waals surface area contributed by atoms with Gasteiger partial charge in [-0.25, -0.2) is 27.9 Å². The molecule has 0 unspecified atom stereocenters. The average molecular weight is 452 g/mol. The van der Waals surface area contributed by atoms with Crippen LogP contribution in [0.3, 0.4) is 0 Å². The molecule has 10 heteroatoms. The van der Waals surface area contributed by atoms with Gasteiger partial charge in [0, 0.05) is 12.6 Å². The Bertz CT molecular complexity index is 1520. The van der Waals surface area contributed by atoms with Crippen LogP contribution in [-0.2, 0) is 17.8 Å². The predicted octanol–water partition coefficient (Wildman–Crippen LogP) is 2.65. The maximum absolute atomic E-state index is 14.6. The van der Waals surface area contributed by atoms with E-state index in [9.17, 15) is 23.2 Å². The molecule has 0 spiro atoms. The van der Waals surface area contributed by atoms with Crippen molar-refractivity contribution < 1.29 is 18.3 Å². The summed E-state index contributed by atoms with van der Waals surface area (Å²) in [5.41, 5.74) is -1.04. The van der Waals surface area contributed by atoms with E-state index in [0.717, 1.165) is 21.3 Å².